The molecule has 2 aromatic rings. The van der Waals surface area contributed by atoms with E-state index in [-0.39, 0.29) is 11.6 Å². The van der Waals surface area contributed by atoms with Gasteiger partial charge < -0.3 is 16.0 Å². The standard InChI is InChI=1S/C14H16Br4N4/c1-14(5-3-2-4-6(14)19)22-13-20-11-9(17)7(15)8(16)10(18)12(11)21-13/h6H,2-5,19H2,1H3,(H2,20,21,22). The van der Waals surface area contributed by atoms with Gasteiger partial charge in [0.15, 0.2) is 0 Å². The average Bonchev–Trinajstić information content (AvgIpc) is 2.90. The molecule has 0 saturated heterocycles. The summed E-state index contributed by atoms with van der Waals surface area (Å²) in [5.41, 5.74) is 8.01. The SMILES string of the molecule is CC1(Nc2nc3c(Br)c(Br)c(Br)c(Br)c3[nH]2)CCCCC1N. The smallest absolute Gasteiger partial charge is 0.201 e. The van der Waals surface area contributed by atoms with Crippen LogP contribution in [0.25, 0.3) is 11.0 Å². The van der Waals surface area contributed by atoms with Gasteiger partial charge in [-0.2, -0.15) is 0 Å². The van der Waals surface area contributed by atoms with Crippen molar-refractivity contribution in [1.29, 1.82) is 0 Å². The first-order chi connectivity index (χ1) is 10.3. The molecule has 0 aliphatic heterocycles. The number of anilines is 1. The first-order valence-corrected chi connectivity index (χ1v) is 10.3. The highest BCUT2D eigenvalue weighted by Crippen LogP contribution is 2.43. The lowest BCUT2D eigenvalue weighted by Crippen LogP contribution is -2.53. The van der Waals surface area contributed by atoms with Crippen molar-refractivity contribution in [2.45, 2.75) is 44.2 Å². The number of nitrogens with zero attached hydrogens (tertiary/aromatic N) is 1. The van der Waals surface area contributed by atoms with Gasteiger partial charge in [0.05, 0.1) is 20.0 Å². The monoisotopic (exact) mass is 556 g/mol. The second-order valence-corrected chi connectivity index (χ2v) is 9.13. The van der Waals surface area contributed by atoms with E-state index in [1.54, 1.807) is 0 Å². The zero-order valence-electron chi connectivity index (χ0n) is 11.9. The number of aromatic amines is 1. The Kier molecular flexibility index (Phi) is 4.96. The van der Waals surface area contributed by atoms with Crippen LogP contribution in [0.1, 0.15) is 32.6 Å². The minimum Gasteiger partial charge on any atom is -0.349 e. The van der Waals surface area contributed by atoms with Gasteiger partial charge in [-0.25, -0.2) is 4.98 Å². The number of imidazole rings is 1. The van der Waals surface area contributed by atoms with Crippen LogP contribution in [-0.2, 0) is 0 Å². The maximum atomic E-state index is 6.33. The minimum absolute atomic E-state index is 0.125. The molecule has 0 bridgehead atoms. The van der Waals surface area contributed by atoms with Gasteiger partial charge >= 0.3 is 0 Å². The van der Waals surface area contributed by atoms with Crippen LogP contribution in [-0.4, -0.2) is 21.5 Å². The average molecular weight is 560 g/mol. The lowest BCUT2D eigenvalue weighted by Gasteiger charge is -2.40. The summed E-state index contributed by atoms with van der Waals surface area (Å²) < 4.78 is 3.74. The lowest BCUT2D eigenvalue weighted by atomic mass is 9.79. The predicted molar refractivity (Wildman–Crippen MR) is 105 cm³/mol. The third kappa shape index (κ3) is 2.90. The van der Waals surface area contributed by atoms with E-state index < -0.39 is 0 Å². The molecule has 1 fully saturated rings. The Bertz CT molecular complexity index is 684. The number of rotatable bonds is 2. The zero-order chi connectivity index (χ0) is 16.1. The molecule has 0 amide bonds. The summed E-state index contributed by atoms with van der Waals surface area (Å²) >= 11 is 14.3. The van der Waals surface area contributed by atoms with Crippen molar-refractivity contribution in [3.8, 4) is 0 Å². The van der Waals surface area contributed by atoms with Crippen molar-refractivity contribution in [1.82, 2.24) is 9.97 Å². The fourth-order valence-corrected chi connectivity index (χ4v) is 5.23. The number of hydrogen-bond acceptors (Lipinski definition) is 3. The molecule has 3 rings (SSSR count). The highest BCUT2D eigenvalue weighted by Gasteiger charge is 2.35. The number of H-pyrrole nitrogens is 1. The number of fused-ring (bicyclic) bond motifs is 1. The van der Waals surface area contributed by atoms with Gasteiger partial charge in [-0.05, 0) is 83.5 Å². The molecule has 4 N–H and O–H groups in total. The molecule has 1 aromatic heterocycles. The van der Waals surface area contributed by atoms with Gasteiger partial charge in [0.25, 0.3) is 0 Å². The van der Waals surface area contributed by atoms with E-state index in [1.807, 2.05) is 0 Å². The Balaban J connectivity index is 2.03. The molecule has 8 heteroatoms. The van der Waals surface area contributed by atoms with E-state index in [0.717, 1.165) is 47.7 Å². The largest absolute Gasteiger partial charge is 0.349 e. The van der Waals surface area contributed by atoms with Crippen LogP contribution in [0, 0.1) is 0 Å². The molecule has 22 heavy (non-hydrogen) atoms. The van der Waals surface area contributed by atoms with Crippen LogP contribution in [0.3, 0.4) is 0 Å². The molecule has 1 heterocycles. The third-order valence-corrected chi connectivity index (χ3v) is 9.14. The topological polar surface area (TPSA) is 66.7 Å². The van der Waals surface area contributed by atoms with Gasteiger partial charge in [0.2, 0.25) is 5.95 Å². The Morgan fingerprint density at radius 3 is 2.50 bits per heavy atom. The number of benzene rings is 1. The highest BCUT2D eigenvalue weighted by atomic mass is 79.9. The Hall–Kier alpha value is 0.370. The number of nitrogens with one attached hydrogen (secondary N) is 2. The van der Waals surface area contributed by atoms with Crippen LogP contribution < -0.4 is 11.1 Å². The molecular weight excluding hydrogens is 544 g/mol. The van der Waals surface area contributed by atoms with Gasteiger partial charge in [-0.3, -0.25) is 0 Å². The Morgan fingerprint density at radius 2 is 1.82 bits per heavy atom. The van der Waals surface area contributed by atoms with E-state index >= 15 is 0 Å². The molecule has 0 spiro atoms. The van der Waals surface area contributed by atoms with E-state index in [2.05, 4.69) is 80.9 Å². The molecule has 4 nitrogen and oxygen atoms in total. The zero-order valence-corrected chi connectivity index (χ0v) is 18.3. The second-order valence-electron chi connectivity index (χ2n) is 5.96. The maximum Gasteiger partial charge on any atom is 0.201 e. The summed E-state index contributed by atoms with van der Waals surface area (Å²) in [5.74, 6) is 0.751. The molecule has 1 aliphatic carbocycles. The first kappa shape index (κ1) is 17.2. The van der Waals surface area contributed by atoms with Crippen LogP contribution in [0.2, 0.25) is 0 Å². The molecule has 0 radical (unpaired) electrons. The number of hydrogen-bond donors (Lipinski definition) is 3. The van der Waals surface area contributed by atoms with Crippen LogP contribution in [0.5, 0.6) is 0 Å². The number of nitrogens with two attached hydrogens (primary N) is 1. The number of aromatic nitrogens is 2. The predicted octanol–water partition coefficient (Wildman–Crippen LogP) is 5.68. The molecule has 1 saturated carbocycles. The number of halogens is 4. The fraction of sp³-hybridized carbons (Fsp3) is 0.500. The van der Waals surface area contributed by atoms with Crippen molar-refractivity contribution >= 4 is 80.7 Å². The first-order valence-electron chi connectivity index (χ1n) is 7.09. The second kappa shape index (κ2) is 6.35. The quantitative estimate of drug-likeness (QED) is 0.327. The van der Waals surface area contributed by atoms with Crippen molar-refractivity contribution in [2.24, 2.45) is 5.73 Å². The summed E-state index contributed by atoms with van der Waals surface area (Å²) in [6.45, 7) is 2.18. The van der Waals surface area contributed by atoms with Crippen molar-refractivity contribution < 1.29 is 0 Å². The van der Waals surface area contributed by atoms with Crippen molar-refractivity contribution in [2.75, 3.05) is 5.32 Å². The molecule has 1 aromatic carbocycles. The summed E-state index contributed by atoms with van der Waals surface area (Å²) in [5, 5.41) is 3.53. The summed E-state index contributed by atoms with van der Waals surface area (Å²) in [6, 6.07) is 0.139. The fourth-order valence-electron chi connectivity index (χ4n) is 2.94. The van der Waals surface area contributed by atoms with E-state index in [4.69, 9.17) is 10.7 Å². The van der Waals surface area contributed by atoms with Gasteiger partial charge in [0, 0.05) is 15.0 Å². The van der Waals surface area contributed by atoms with Crippen molar-refractivity contribution in [3.05, 3.63) is 17.9 Å². The Morgan fingerprint density at radius 1 is 1.14 bits per heavy atom. The van der Waals surface area contributed by atoms with E-state index in [9.17, 15) is 0 Å². The highest BCUT2D eigenvalue weighted by molar-refractivity contribution is 9.15. The summed E-state index contributed by atoms with van der Waals surface area (Å²) in [7, 11) is 0. The van der Waals surface area contributed by atoms with Gasteiger partial charge in [0.1, 0.15) is 5.52 Å². The molecule has 2 unspecified atom stereocenters. The van der Waals surface area contributed by atoms with Crippen molar-refractivity contribution in [3.63, 3.8) is 0 Å². The van der Waals surface area contributed by atoms with Crippen LogP contribution in [0.15, 0.2) is 17.9 Å². The molecule has 120 valence electrons. The van der Waals surface area contributed by atoms with Crippen LogP contribution >= 0.6 is 63.7 Å². The Labute approximate surface area is 162 Å². The molecule has 2 atom stereocenters. The third-order valence-electron chi connectivity index (χ3n) is 4.39. The van der Waals surface area contributed by atoms with Gasteiger partial charge in [-0.15, -0.1) is 0 Å². The van der Waals surface area contributed by atoms with Gasteiger partial charge in [-0.1, -0.05) is 12.8 Å². The summed E-state index contributed by atoms with van der Waals surface area (Å²) in [4.78, 5) is 8.06. The lowest BCUT2D eigenvalue weighted by molar-refractivity contribution is 0.299. The van der Waals surface area contributed by atoms with E-state index in [1.165, 1.54) is 12.8 Å². The summed E-state index contributed by atoms with van der Waals surface area (Å²) in [6.07, 6.45) is 4.51. The van der Waals surface area contributed by atoms with Crippen LogP contribution in [0.4, 0.5) is 5.95 Å². The maximum absolute atomic E-state index is 6.33. The molecular formula is C14H16Br4N4. The van der Waals surface area contributed by atoms with E-state index in [0.29, 0.717) is 0 Å². The normalized spacial score (nSPS) is 25.6. The molecule has 1 aliphatic rings. The minimum atomic E-state index is -0.125.